The van der Waals surface area contributed by atoms with Crippen molar-refractivity contribution in [1.82, 2.24) is 10.2 Å². The van der Waals surface area contributed by atoms with Gasteiger partial charge in [-0.25, -0.2) is 0 Å². The molecule has 1 saturated heterocycles. The SMILES string of the molecule is CC1CN(C(=O)C2Cc3ccccc3S2)CCN1. The van der Waals surface area contributed by atoms with Gasteiger partial charge in [0.25, 0.3) is 0 Å². The van der Waals surface area contributed by atoms with Gasteiger partial charge in [-0.05, 0) is 25.0 Å². The van der Waals surface area contributed by atoms with Gasteiger partial charge in [0.15, 0.2) is 0 Å². The minimum atomic E-state index is 0.0905. The van der Waals surface area contributed by atoms with Crippen LogP contribution in [0.5, 0.6) is 0 Å². The third-order valence-electron chi connectivity index (χ3n) is 3.60. The normalized spacial score (nSPS) is 27.1. The molecule has 0 bridgehead atoms. The zero-order valence-electron chi connectivity index (χ0n) is 10.6. The Kier molecular flexibility index (Phi) is 3.31. The topological polar surface area (TPSA) is 32.3 Å². The van der Waals surface area contributed by atoms with Crippen molar-refractivity contribution in [1.29, 1.82) is 0 Å². The first-order valence-electron chi connectivity index (χ1n) is 6.51. The lowest BCUT2D eigenvalue weighted by Gasteiger charge is -2.33. The Morgan fingerprint density at radius 1 is 1.44 bits per heavy atom. The highest BCUT2D eigenvalue weighted by molar-refractivity contribution is 8.01. The van der Waals surface area contributed by atoms with Crippen molar-refractivity contribution < 1.29 is 4.79 Å². The Hall–Kier alpha value is -1.00. The molecular formula is C14H18N2OS. The summed E-state index contributed by atoms with van der Waals surface area (Å²) in [6, 6.07) is 8.77. The fraction of sp³-hybridized carbons (Fsp3) is 0.500. The van der Waals surface area contributed by atoms with E-state index in [1.807, 2.05) is 11.0 Å². The van der Waals surface area contributed by atoms with Crippen LogP contribution in [0.2, 0.25) is 0 Å². The van der Waals surface area contributed by atoms with Gasteiger partial charge in [0, 0.05) is 30.6 Å². The monoisotopic (exact) mass is 262 g/mol. The molecule has 1 fully saturated rings. The Bertz CT molecular complexity index is 438. The maximum Gasteiger partial charge on any atom is 0.236 e. The number of amides is 1. The molecule has 96 valence electrons. The van der Waals surface area contributed by atoms with Gasteiger partial charge in [-0.1, -0.05) is 18.2 Å². The van der Waals surface area contributed by atoms with Crippen molar-refractivity contribution in [3.05, 3.63) is 29.8 Å². The van der Waals surface area contributed by atoms with E-state index >= 15 is 0 Å². The molecule has 0 aliphatic carbocycles. The summed E-state index contributed by atoms with van der Waals surface area (Å²) in [4.78, 5) is 15.8. The van der Waals surface area contributed by atoms with Crippen molar-refractivity contribution >= 4 is 17.7 Å². The van der Waals surface area contributed by atoms with Gasteiger partial charge in [-0.15, -0.1) is 11.8 Å². The van der Waals surface area contributed by atoms with E-state index in [4.69, 9.17) is 0 Å². The Balaban J connectivity index is 1.68. The molecule has 0 aromatic heterocycles. The van der Waals surface area contributed by atoms with Gasteiger partial charge in [-0.2, -0.15) is 0 Å². The molecule has 4 heteroatoms. The van der Waals surface area contributed by atoms with Crippen molar-refractivity contribution in [3.63, 3.8) is 0 Å². The highest BCUT2D eigenvalue weighted by Gasteiger charge is 2.32. The molecule has 1 amide bonds. The fourth-order valence-corrected chi connectivity index (χ4v) is 3.94. The Labute approximate surface area is 112 Å². The molecule has 0 saturated carbocycles. The predicted octanol–water partition coefficient (Wildman–Crippen LogP) is 1.52. The summed E-state index contributed by atoms with van der Waals surface area (Å²) in [5.74, 6) is 0.310. The lowest BCUT2D eigenvalue weighted by Crippen LogP contribution is -2.53. The molecular weight excluding hydrogens is 244 g/mol. The van der Waals surface area contributed by atoms with E-state index in [1.165, 1.54) is 10.5 Å². The zero-order chi connectivity index (χ0) is 12.5. The average Bonchev–Trinajstić information content (AvgIpc) is 2.81. The second-order valence-corrected chi connectivity index (χ2v) is 6.30. The molecule has 2 atom stereocenters. The molecule has 3 nitrogen and oxygen atoms in total. The third kappa shape index (κ3) is 2.27. The van der Waals surface area contributed by atoms with Crippen LogP contribution >= 0.6 is 11.8 Å². The molecule has 2 heterocycles. The lowest BCUT2D eigenvalue weighted by molar-refractivity contribution is -0.131. The van der Waals surface area contributed by atoms with E-state index in [0.29, 0.717) is 11.9 Å². The molecule has 2 aliphatic heterocycles. The number of thioether (sulfide) groups is 1. The van der Waals surface area contributed by atoms with Crippen LogP contribution in [0.1, 0.15) is 12.5 Å². The third-order valence-corrected chi connectivity index (χ3v) is 4.91. The van der Waals surface area contributed by atoms with Gasteiger partial charge in [0.05, 0.1) is 5.25 Å². The number of carbonyl (C=O) groups excluding carboxylic acids is 1. The molecule has 1 aromatic carbocycles. The van der Waals surface area contributed by atoms with Crippen LogP contribution in [-0.4, -0.2) is 41.7 Å². The Morgan fingerprint density at radius 3 is 3.06 bits per heavy atom. The van der Waals surface area contributed by atoms with Gasteiger partial charge in [-0.3, -0.25) is 4.79 Å². The standard InChI is InChI=1S/C14H18N2OS/c1-10-9-16(7-6-15-10)14(17)13-8-11-4-2-3-5-12(11)18-13/h2-5,10,13,15H,6-9H2,1H3. The summed E-state index contributed by atoms with van der Waals surface area (Å²) in [6.07, 6.45) is 0.887. The quantitative estimate of drug-likeness (QED) is 0.833. The minimum absolute atomic E-state index is 0.0905. The van der Waals surface area contributed by atoms with Crippen molar-refractivity contribution in [2.24, 2.45) is 0 Å². The number of rotatable bonds is 1. The summed E-state index contributed by atoms with van der Waals surface area (Å²) in [6.45, 7) is 4.73. The molecule has 18 heavy (non-hydrogen) atoms. The zero-order valence-corrected chi connectivity index (χ0v) is 11.4. The van der Waals surface area contributed by atoms with Gasteiger partial charge in [0.1, 0.15) is 0 Å². The van der Waals surface area contributed by atoms with E-state index in [2.05, 4.69) is 30.4 Å². The summed E-state index contributed by atoms with van der Waals surface area (Å²) < 4.78 is 0. The minimum Gasteiger partial charge on any atom is -0.339 e. The molecule has 2 aliphatic rings. The highest BCUT2D eigenvalue weighted by Crippen LogP contribution is 2.37. The number of nitrogens with zero attached hydrogens (tertiary/aromatic N) is 1. The van der Waals surface area contributed by atoms with Crippen LogP contribution in [0.15, 0.2) is 29.2 Å². The van der Waals surface area contributed by atoms with Crippen LogP contribution in [0.25, 0.3) is 0 Å². The van der Waals surface area contributed by atoms with E-state index < -0.39 is 0 Å². The van der Waals surface area contributed by atoms with Crippen molar-refractivity contribution in [2.75, 3.05) is 19.6 Å². The van der Waals surface area contributed by atoms with Crippen LogP contribution in [0.3, 0.4) is 0 Å². The molecule has 2 unspecified atom stereocenters. The largest absolute Gasteiger partial charge is 0.339 e. The smallest absolute Gasteiger partial charge is 0.236 e. The predicted molar refractivity (Wildman–Crippen MR) is 73.8 cm³/mol. The molecule has 1 aromatic rings. The van der Waals surface area contributed by atoms with Crippen LogP contribution < -0.4 is 5.32 Å². The number of hydrogen-bond acceptors (Lipinski definition) is 3. The number of benzene rings is 1. The van der Waals surface area contributed by atoms with E-state index in [1.54, 1.807) is 11.8 Å². The number of piperazine rings is 1. The summed E-state index contributed by atoms with van der Waals surface area (Å²) in [5.41, 5.74) is 1.32. The summed E-state index contributed by atoms with van der Waals surface area (Å²) >= 11 is 1.73. The number of nitrogens with one attached hydrogen (secondary N) is 1. The molecule has 1 N–H and O–H groups in total. The Morgan fingerprint density at radius 2 is 2.28 bits per heavy atom. The summed E-state index contributed by atoms with van der Waals surface area (Å²) in [7, 11) is 0. The maximum atomic E-state index is 12.5. The first kappa shape index (κ1) is 12.1. The maximum absolute atomic E-state index is 12.5. The van der Waals surface area contributed by atoms with Gasteiger partial charge in [0.2, 0.25) is 5.91 Å². The second kappa shape index (κ2) is 4.94. The average molecular weight is 262 g/mol. The number of fused-ring (bicyclic) bond motifs is 1. The fourth-order valence-electron chi connectivity index (χ4n) is 2.66. The van der Waals surface area contributed by atoms with Crippen molar-refractivity contribution in [3.8, 4) is 0 Å². The summed E-state index contributed by atoms with van der Waals surface area (Å²) in [5, 5.41) is 3.46. The molecule has 3 rings (SSSR count). The molecule has 0 radical (unpaired) electrons. The van der Waals surface area contributed by atoms with Crippen LogP contribution in [0.4, 0.5) is 0 Å². The van der Waals surface area contributed by atoms with E-state index in [-0.39, 0.29) is 5.25 Å². The van der Waals surface area contributed by atoms with Crippen LogP contribution in [-0.2, 0) is 11.2 Å². The highest BCUT2D eigenvalue weighted by atomic mass is 32.2. The van der Waals surface area contributed by atoms with Crippen LogP contribution in [0, 0.1) is 0 Å². The number of carbonyl (C=O) groups is 1. The van der Waals surface area contributed by atoms with Gasteiger partial charge >= 0.3 is 0 Å². The van der Waals surface area contributed by atoms with E-state index in [9.17, 15) is 4.79 Å². The first-order valence-corrected chi connectivity index (χ1v) is 7.39. The second-order valence-electron chi connectivity index (χ2n) is 5.06. The van der Waals surface area contributed by atoms with E-state index in [0.717, 1.165) is 26.1 Å². The van der Waals surface area contributed by atoms with Crippen molar-refractivity contribution in [2.45, 2.75) is 29.5 Å². The number of hydrogen-bond donors (Lipinski definition) is 1. The molecule has 0 spiro atoms. The first-order chi connectivity index (χ1) is 8.74. The van der Waals surface area contributed by atoms with Gasteiger partial charge < -0.3 is 10.2 Å². The lowest BCUT2D eigenvalue weighted by atomic mass is 10.1.